The lowest BCUT2D eigenvalue weighted by Gasteiger charge is -2.35. The van der Waals surface area contributed by atoms with Gasteiger partial charge in [-0.15, -0.1) is 0 Å². The molecule has 33 heavy (non-hydrogen) atoms. The fourth-order valence-corrected chi connectivity index (χ4v) is 4.32. The summed E-state index contributed by atoms with van der Waals surface area (Å²) in [5, 5.41) is 7.51. The van der Waals surface area contributed by atoms with E-state index >= 15 is 0 Å². The number of anilines is 1. The minimum atomic E-state index is -0.0287. The van der Waals surface area contributed by atoms with Gasteiger partial charge in [0.2, 0.25) is 0 Å². The van der Waals surface area contributed by atoms with Crippen molar-refractivity contribution in [3.8, 4) is 5.75 Å². The van der Waals surface area contributed by atoms with Crippen LogP contribution in [0.3, 0.4) is 0 Å². The van der Waals surface area contributed by atoms with Crippen molar-refractivity contribution >= 4 is 22.6 Å². The predicted molar refractivity (Wildman–Crippen MR) is 129 cm³/mol. The average Bonchev–Trinajstić information content (AvgIpc) is 3.68. The van der Waals surface area contributed by atoms with E-state index in [2.05, 4.69) is 27.7 Å². The number of carbonyl (C=O) groups excluding carboxylic acids is 1. The summed E-state index contributed by atoms with van der Waals surface area (Å²) in [6.07, 6.45) is 2.12. The Morgan fingerprint density at radius 2 is 1.91 bits per heavy atom. The number of benzene rings is 2. The van der Waals surface area contributed by atoms with Crippen LogP contribution in [0.5, 0.6) is 5.75 Å². The van der Waals surface area contributed by atoms with Crippen LogP contribution in [0.4, 0.5) is 5.82 Å². The molecule has 1 saturated carbocycles. The third-order valence-corrected chi connectivity index (χ3v) is 6.34. The number of rotatable bonds is 8. The first-order valence-electron chi connectivity index (χ1n) is 11.6. The van der Waals surface area contributed by atoms with Crippen LogP contribution in [0.15, 0.2) is 54.6 Å². The lowest BCUT2D eigenvalue weighted by molar-refractivity contribution is 0.0187. The highest BCUT2D eigenvalue weighted by Crippen LogP contribution is 2.27. The topological polar surface area (TPSA) is 75.7 Å². The average molecular weight is 447 g/mol. The van der Waals surface area contributed by atoms with Crippen molar-refractivity contribution in [1.29, 1.82) is 0 Å². The van der Waals surface area contributed by atoms with Crippen molar-refractivity contribution in [2.45, 2.75) is 24.9 Å². The number of para-hydroxylation sites is 1. The number of amides is 1. The summed E-state index contributed by atoms with van der Waals surface area (Å²) in [6.45, 7) is 3.87. The van der Waals surface area contributed by atoms with Gasteiger partial charge in [0, 0.05) is 31.1 Å². The molecule has 2 fully saturated rings. The van der Waals surface area contributed by atoms with Crippen molar-refractivity contribution in [2.24, 2.45) is 0 Å². The number of nitrogens with one attached hydrogen (secondary N) is 2. The number of nitrogens with zero attached hydrogens (tertiary/aromatic N) is 2. The monoisotopic (exact) mass is 446 g/mol. The zero-order valence-electron chi connectivity index (χ0n) is 18.9. The van der Waals surface area contributed by atoms with Crippen molar-refractivity contribution < 1.29 is 14.3 Å². The number of morpholine rings is 1. The molecular formula is C26H30N4O3. The summed E-state index contributed by atoms with van der Waals surface area (Å²) in [6, 6.07) is 18.4. The van der Waals surface area contributed by atoms with Gasteiger partial charge >= 0.3 is 0 Å². The van der Waals surface area contributed by atoms with E-state index in [-0.39, 0.29) is 11.9 Å². The molecule has 2 aliphatic rings. The fourth-order valence-electron chi connectivity index (χ4n) is 4.32. The molecule has 0 spiro atoms. The minimum Gasteiger partial charge on any atom is -0.497 e. The molecule has 1 aromatic heterocycles. The molecule has 1 aliphatic carbocycles. The van der Waals surface area contributed by atoms with E-state index in [1.807, 2.05) is 42.5 Å². The molecule has 5 rings (SSSR count). The molecule has 1 saturated heterocycles. The van der Waals surface area contributed by atoms with Gasteiger partial charge in [-0.1, -0.05) is 30.3 Å². The Morgan fingerprint density at radius 1 is 1.15 bits per heavy atom. The number of pyridine rings is 1. The van der Waals surface area contributed by atoms with Crippen LogP contribution < -0.4 is 15.4 Å². The van der Waals surface area contributed by atoms with Crippen LogP contribution in [0, 0.1) is 0 Å². The highest BCUT2D eigenvalue weighted by Gasteiger charge is 2.26. The summed E-state index contributed by atoms with van der Waals surface area (Å²) in [7, 11) is 1.68. The second-order valence-electron chi connectivity index (χ2n) is 8.64. The molecule has 172 valence electrons. The molecule has 1 atom stereocenters. The van der Waals surface area contributed by atoms with Crippen LogP contribution in [0.1, 0.15) is 34.8 Å². The quantitative estimate of drug-likeness (QED) is 0.551. The normalized spacial score (nSPS) is 17.5. The van der Waals surface area contributed by atoms with Gasteiger partial charge in [-0.3, -0.25) is 9.69 Å². The van der Waals surface area contributed by atoms with E-state index < -0.39 is 0 Å². The molecule has 1 unspecified atom stereocenters. The van der Waals surface area contributed by atoms with Crippen LogP contribution >= 0.6 is 0 Å². The molecule has 2 aromatic carbocycles. The Bertz CT molecular complexity index is 1110. The molecular weight excluding hydrogens is 416 g/mol. The van der Waals surface area contributed by atoms with Gasteiger partial charge in [0.05, 0.1) is 37.4 Å². The summed E-state index contributed by atoms with van der Waals surface area (Å²) in [4.78, 5) is 20.2. The molecule has 7 heteroatoms. The summed E-state index contributed by atoms with van der Waals surface area (Å²) in [5.74, 6) is 1.52. The maximum absolute atomic E-state index is 12.9. The first kappa shape index (κ1) is 21.7. The predicted octanol–water partition coefficient (Wildman–Crippen LogP) is 3.62. The second-order valence-corrected chi connectivity index (χ2v) is 8.64. The van der Waals surface area contributed by atoms with E-state index in [0.717, 1.165) is 55.8 Å². The SMILES string of the molecule is COc1ccc(C(CNc2cc(C(=O)NC3CC3)c3ccccc3n2)N2CCOCC2)cc1. The molecule has 1 amide bonds. The highest BCUT2D eigenvalue weighted by atomic mass is 16.5. The smallest absolute Gasteiger partial charge is 0.252 e. The number of aromatic nitrogens is 1. The molecule has 1 aliphatic heterocycles. The Balaban J connectivity index is 1.40. The van der Waals surface area contributed by atoms with Crippen LogP contribution in [0.25, 0.3) is 10.9 Å². The zero-order valence-corrected chi connectivity index (χ0v) is 18.9. The van der Waals surface area contributed by atoms with Crippen molar-refractivity contribution in [1.82, 2.24) is 15.2 Å². The summed E-state index contributed by atoms with van der Waals surface area (Å²) < 4.78 is 10.9. The van der Waals surface area contributed by atoms with E-state index in [1.54, 1.807) is 7.11 Å². The first-order valence-corrected chi connectivity index (χ1v) is 11.6. The molecule has 0 radical (unpaired) electrons. The van der Waals surface area contributed by atoms with E-state index in [9.17, 15) is 4.79 Å². The Labute approximate surface area is 194 Å². The summed E-state index contributed by atoms with van der Waals surface area (Å²) in [5.41, 5.74) is 2.69. The number of fused-ring (bicyclic) bond motifs is 1. The third kappa shape index (κ3) is 5.10. The number of hydrogen-bond acceptors (Lipinski definition) is 6. The van der Waals surface area contributed by atoms with Crippen molar-refractivity contribution in [2.75, 3.05) is 45.3 Å². The maximum Gasteiger partial charge on any atom is 0.252 e. The Hall–Kier alpha value is -3.16. The number of methoxy groups -OCH3 is 1. The van der Waals surface area contributed by atoms with Crippen molar-refractivity contribution in [3.63, 3.8) is 0 Å². The third-order valence-electron chi connectivity index (χ3n) is 6.34. The van der Waals surface area contributed by atoms with Gasteiger partial charge in [0.1, 0.15) is 11.6 Å². The van der Waals surface area contributed by atoms with Gasteiger partial charge in [0.15, 0.2) is 0 Å². The molecule has 3 aromatic rings. The van der Waals surface area contributed by atoms with Gasteiger partial charge in [-0.05, 0) is 42.7 Å². The zero-order chi connectivity index (χ0) is 22.6. The largest absolute Gasteiger partial charge is 0.497 e. The second kappa shape index (κ2) is 9.77. The molecule has 7 nitrogen and oxygen atoms in total. The van der Waals surface area contributed by atoms with Crippen molar-refractivity contribution in [3.05, 3.63) is 65.7 Å². The molecule has 0 bridgehead atoms. The fraction of sp³-hybridized carbons (Fsp3) is 0.385. The summed E-state index contributed by atoms with van der Waals surface area (Å²) >= 11 is 0. The van der Waals surface area contributed by atoms with Crippen LogP contribution in [-0.4, -0.2) is 61.8 Å². The lowest BCUT2D eigenvalue weighted by atomic mass is 10.0. The van der Waals surface area contributed by atoms with E-state index in [4.69, 9.17) is 14.5 Å². The van der Waals surface area contributed by atoms with Crippen LogP contribution in [0.2, 0.25) is 0 Å². The first-order chi connectivity index (χ1) is 16.2. The number of ether oxygens (including phenoxy) is 2. The van der Waals surface area contributed by atoms with E-state index in [1.165, 1.54) is 5.56 Å². The van der Waals surface area contributed by atoms with Gasteiger partial charge in [-0.2, -0.15) is 0 Å². The van der Waals surface area contributed by atoms with Gasteiger partial charge in [-0.25, -0.2) is 4.98 Å². The minimum absolute atomic E-state index is 0.0287. The van der Waals surface area contributed by atoms with Crippen LogP contribution in [-0.2, 0) is 4.74 Å². The lowest BCUT2D eigenvalue weighted by Crippen LogP contribution is -2.41. The number of carbonyl (C=O) groups is 1. The van der Waals surface area contributed by atoms with E-state index in [0.29, 0.717) is 24.0 Å². The van der Waals surface area contributed by atoms with Gasteiger partial charge in [0.25, 0.3) is 5.91 Å². The van der Waals surface area contributed by atoms with Gasteiger partial charge < -0.3 is 20.1 Å². The standard InChI is InChI=1S/C26H30N4O3/c1-32-20-10-6-18(7-11-20)24(30-12-14-33-15-13-30)17-27-25-16-22(26(31)28-19-8-9-19)21-4-2-3-5-23(21)29-25/h2-7,10-11,16,19,24H,8-9,12-15,17H2,1H3,(H,27,29)(H,28,31). The Morgan fingerprint density at radius 3 is 2.64 bits per heavy atom. The number of hydrogen-bond donors (Lipinski definition) is 2. The maximum atomic E-state index is 12.9. The molecule has 2 heterocycles. The Kier molecular flexibility index (Phi) is 6.41. The molecule has 2 N–H and O–H groups in total. The highest BCUT2D eigenvalue weighted by molar-refractivity contribution is 6.07.